The fraction of sp³-hybridized carbons (Fsp3) is 0.625. The maximum Gasteiger partial charge on any atom is 0.0642 e. The second-order valence-electron chi connectivity index (χ2n) is 5.61. The van der Waals surface area contributed by atoms with Crippen LogP contribution in [-0.2, 0) is 15.9 Å². The molecule has 0 amide bonds. The van der Waals surface area contributed by atoms with E-state index in [1.54, 1.807) is 14.2 Å². The summed E-state index contributed by atoms with van der Waals surface area (Å²) in [6.45, 7) is 7.16. The number of benzene rings is 1. The molecule has 0 aliphatic carbocycles. The van der Waals surface area contributed by atoms with E-state index in [4.69, 9.17) is 9.47 Å². The Hall–Kier alpha value is -1.06. The van der Waals surface area contributed by atoms with Crippen LogP contribution >= 0.6 is 0 Å². The van der Waals surface area contributed by atoms with Crippen LogP contribution in [0.5, 0.6) is 0 Å². The van der Waals surface area contributed by atoms with Crippen LogP contribution in [0.1, 0.15) is 32.8 Å². The smallest absolute Gasteiger partial charge is 0.0642 e. The third kappa shape index (κ3) is 5.62. The fourth-order valence-electron chi connectivity index (χ4n) is 2.23. The predicted molar refractivity (Wildman–Crippen MR) is 80.8 cm³/mol. The first-order valence-electron chi connectivity index (χ1n) is 6.87. The van der Waals surface area contributed by atoms with Gasteiger partial charge in [0, 0.05) is 25.9 Å². The number of nitrogens with one attached hydrogen (secondary N) is 1. The van der Waals surface area contributed by atoms with Gasteiger partial charge in [0.1, 0.15) is 0 Å². The summed E-state index contributed by atoms with van der Waals surface area (Å²) in [4.78, 5) is 0. The molecule has 0 radical (unpaired) electrons. The van der Waals surface area contributed by atoms with Gasteiger partial charge in [-0.3, -0.25) is 0 Å². The normalized spacial score (nSPS) is 13.3. The van der Waals surface area contributed by atoms with Crippen LogP contribution in [0, 0.1) is 0 Å². The lowest BCUT2D eigenvalue weighted by Gasteiger charge is -2.28. The Morgan fingerprint density at radius 2 is 1.89 bits per heavy atom. The average molecular weight is 265 g/mol. The van der Waals surface area contributed by atoms with E-state index in [2.05, 4.69) is 50.4 Å². The van der Waals surface area contributed by atoms with E-state index in [9.17, 15) is 0 Å². The van der Waals surface area contributed by atoms with Gasteiger partial charge in [-0.25, -0.2) is 0 Å². The molecule has 0 saturated heterocycles. The van der Waals surface area contributed by atoms with E-state index in [1.807, 2.05) is 0 Å². The molecule has 0 bridgehead atoms. The van der Waals surface area contributed by atoms with Gasteiger partial charge in [0.15, 0.2) is 0 Å². The van der Waals surface area contributed by atoms with Crippen molar-refractivity contribution in [2.75, 3.05) is 26.1 Å². The highest BCUT2D eigenvalue weighted by molar-refractivity contribution is 5.51. The first kappa shape index (κ1) is 16.0. The summed E-state index contributed by atoms with van der Waals surface area (Å²) < 4.78 is 10.6. The Kier molecular flexibility index (Phi) is 6.32. The van der Waals surface area contributed by atoms with Crippen LogP contribution in [0.25, 0.3) is 0 Å². The molecule has 0 spiro atoms. The largest absolute Gasteiger partial charge is 0.384 e. The minimum Gasteiger partial charge on any atom is -0.384 e. The van der Waals surface area contributed by atoms with Crippen LogP contribution in [0.15, 0.2) is 24.3 Å². The Labute approximate surface area is 117 Å². The lowest BCUT2D eigenvalue weighted by atomic mass is 9.99. The molecule has 1 aromatic rings. The Bertz CT molecular complexity index is 377. The van der Waals surface area contributed by atoms with Crippen LogP contribution < -0.4 is 5.32 Å². The summed E-state index contributed by atoms with van der Waals surface area (Å²) in [6, 6.07) is 8.77. The minimum absolute atomic E-state index is 0.103. The van der Waals surface area contributed by atoms with Crippen LogP contribution in [0.4, 0.5) is 5.69 Å². The molecule has 0 heterocycles. The molecule has 1 N–H and O–H groups in total. The zero-order chi connectivity index (χ0) is 14.3. The summed E-state index contributed by atoms with van der Waals surface area (Å²) in [7, 11) is 3.50. The first-order valence-corrected chi connectivity index (χ1v) is 6.87. The highest BCUT2D eigenvalue weighted by Gasteiger charge is 2.20. The van der Waals surface area contributed by atoms with Gasteiger partial charge in [0.2, 0.25) is 0 Å². The topological polar surface area (TPSA) is 30.5 Å². The Morgan fingerprint density at radius 3 is 2.53 bits per heavy atom. The average Bonchev–Trinajstić information content (AvgIpc) is 2.37. The van der Waals surface area contributed by atoms with Gasteiger partial charge in [-0.05, 0) is 45.2 Å². The molecule has 108 valence electrons. The van der Waals surface area contributed by atoms with Gasteiger partial charge in [-0.2, -0.15) is 0 Å². The van der Waals surface area contributed by atoms with E-state index in [0.717, 1.165) is 19.4 Å². The number of methoxy groups -OCH3 is 2. The zero-order valence-corrected chi connectivity index (χ0v) is 12.8. The molecule has 3 heteroatoms. The number of rotatable bonds is 8. The summed E-state index contributed by atoms with van der Waals surface area (Å²) in [5.41, 5.74) is 2.39. The lowest BCUT2D eigenvalue weighted by molar-refractivity contribution is 0.0128. The summed E-state index contributed by atoms with van der Waals surface area (Å²) in [5.74, 6) is 0. The van der Waals surface area contributed by atoms with Gasteiger partial charge in [-0.15, -0.1) is 0 Å². The van der Waals surface area contributed by atoms with Crippen molar-refractivity contribution < 1.29 is 9.47 Å². The number of hydrogen-bond acceptors (Lipinski definition) is 3. The summed E-state index contributed by atoms with van der Waals surface area (Å²) >= 11 is 0. The molecule has 1 unspecified atom stereocenters. The Balaban J connectivity index is 2.65. The van der Waals surface area contributed by atoms with Crippen LogP contribution in [0.3, 0.4) is 0 Å². The zero-order valence-electron chi connectivity index (χ0n) is 12.8. The predicted octanol–water partition coefficient (Wildman–Crippen LogP) is 3.49. The standard InChI is InChI=1S/C16H27NO2/c1-13(12-16(2,3)19-5)17-15-9-7-6-8-14(15)10-11-18-4/h6-9,13,17H,10-12H2,1-5H3. The van der Waals surface area contributed by atoms with Crippen molar-refractivity contribution in [1.29, 1.82) is 0 Å². The van der Waals surface area contributed by atoms with Crippen molar-refractivity contribution in [1.82, 2.24) is 0 Å². The molecular formula is C16H27NO2. The molecule has 1 rings (SSSR count). The molecule has 0 saturated carbocycles. The third-order valence-electron chi connectivity index (χ3n) is 3.35. The molecular weight excluding hydrogens is 238 g/mol. The van der Waals surface area contributed by atoms with Crippen molar-refractivity contribution in [2.24, 2.45) is 0 Å². The van der Waals surface area contributed by atoms with E-state index in [0.29, 0.717) is 6.04 Å². The highest BCUT2D eigenvalue weighted by Crippen LogP contribution is 2.21. The van der Waals surface area contributed by atoms with Crippen molar-refractivity contribution in [3.05, 3.63) is 29.8 Å². The minimum atomic E-state index is -0.103. The fourth-order valence-corrected chi connectivity index (χ4v) is 2.23. The third-order valence-corrected chi connectivity index (χ3v) is 3.35. The van der Waals surface area contributed by atoms with Gasteiger partial charge in [0.25, 0.3) is 0 Å². The van der Waals surface area contributed by atoms with E-state index in [1.165, 1.54) is 11.3 Å². The number of para-hydroxylation sites is 1. The molecule has 0 aliphatic rings. The summed E-state index contributed by atoms with van der Waals surface area (Å²) in [5, 5.41) is 3.57. The highest BCUT2D eigenvalue weighted by atomic mass is 16.5. The van der Waals surface area contributed by atoms with Crippen molar-refractivity contribution in [3.63, 3.8) is 0 Å². The van der Waals surface area contributed by atoms with Gasteiger partial charge in [0.05, 0.1) is 12.2 Å². The van der Waals surface area contributed by atoms with Gasteiger partial charge < -0.3 is 14.8 Å². The first-order chi connectivity index (χ1) is 8.98. The van der Waals surface area contributed by atoms with E-state index in [-0.39, 0.29) is 5.60 Å². The summed E-state index contributed by atoms with van der Waals surface area (Å²) in [6.07, 6.45) is 1.89. The van der Waals surface area contributed by atoms with Crippen molar-refractivity contribution in [2.45, 2.75) is 45.3 Å². The number of hydrogen-bond donors (Lipinski definition) is 1. The second-order valence-corrected chi connectivity index (χ2v) is 5.61. The van der Waals surface area contributed by atoms with Crippen LogP contribution in [-0.4, -0.2) is 32.5 Å². The molecule has 19 heavy (non-hydrogen) atoms. The molecule has 0 fully saturated rings. The van der Waals surface area contributed by atoms with Gasteiger partial charge in [-0.1, -0.05) is 18.2 Å². The molecule has 1 atom stereocenters. The molecule has 1 aromatic carbocycles. The van der Waals surface area contributed by atoms with E-state index < -0.39 is 0 Å². The second kappa shape index (κ2) is 7.51. The maximum atomic E-state index is 5.48. The molecule has 0 aliphatic heterocycles. The van der Waals surface area contributed by atoms with E-state index >= 15 is 0 Å². The Morgan fingerprint density at radius 1 is 1.21 bits per heavy atom. The van der Waals surface area contributed by atoms with Crippen molar-refractivity contribution in [3.8, 4) is 0 Å². The SMILES string of the molecule is COCCc1ccccc1NC(C)CC(C)(C)OC. The molecule has 0 aromatic heterocycles. The monoisotopic (exact) mass is 265 g/mol. The molecule has 3 nitrogen and oxygen atoms in total. The lowest BCUT2D eigenvalue weighted by Crippen LogP contribution is -2.31. The number of ether oxygens (including phenoxy) is 2. The van der Waals surface area contributed by atoms with Crippen LogP contribution in [0.2, 0.25) is 0 Å². The quantitative estimate of drug-likeness (QED) is 0.780. The van der Waals surface area contributed by atoms with Crippen molar-refractivity contribution >= 4 is 5.69 Å². The van der Waals surface area contributed by atoms with Gasteiger partial charge >= 0.3 is 0 Å². The number of anilines is 1. The maximum absolute atomic E-state index is 5.48.